The minimum Gasteiger partial charge on any atom is -0.377 e. The van der Waals surface area contributed by atoms with Crippen molar-refractivity contribution in [2.75, 3.05) is 280 Å². The normalized spacial score (nSPS) is 16.6. The Balaban J connectivity index is 0. The molecule has 0 rings (SSSR count). The number of carbonyl (C=O) groups excluding carboxylic acids is 7. The number of ether oxygens (including phenoxy) is 18. The number of amides is 4. The third kappa shape index (κ3) is 92.1. The van der Waals surface area contributed by atoms with Gasteiger partial charge in [0.25, 0.3) is 0 Å². The molecule has 0 saturated heterocycles. The van der Waals surface area contributed by atoms with E-state index in [1.54, 1.807) is 0 Å². The topological polar surface area (TPSA) is 360 Å². The number of Topliss-reactive ketones (excluding diaryl/α,β-unsaturated/α-hetero) is 3. The highest BCUT2D eigenvalue weighted by atomic mass is 32.1. The molecule has 18 unspecified atom stereocenters. The van der Waals surface area contributed by atoms with E-state index < -0.39 is 77.9 Å². The maximum absolute atomic E-state index is 15.5. The zero-order valence-electron chi connectivity index (χ0n) is 85.4. The van der Waals surface area contributed by atoms with Crippen molar-refractivity contribution in [1.82, 2.24) is 21.3 Å². The highest BCUT2D eigenvalue weighted by Gasteiger charge is 2.37. The molecule has 18 atom stereocenters. The van der Waals surface area contributed by atoms with E-state index in [2.05, 4.69) is 324 Å². The van der Waals surface area contributed by atoms with Gasteiger partial charge < -0.3 is 112 Å². The number of rotatable bonds is 110. The Morgan fingerprint density at radius 3 is 0.608 bits per heavy atom. The van der Waals surface area contributed by atoms with Crippen LogP contribution in [0.1, 0.15) is 128 Å². The van der Waals surface area contributed by atoms with Crippen molar-refractivity contribution in [3.05, 3.63) is 0 Å². The minimum absolute atomic E-state index is 0. The highest BCUT2D eigenvalue weighted by molar-refractivity contribution is 7.88. The molecule has 55 heteroatoms. The Bertz CT molecular complexity index is 2820. The monoisotopic (exact) mass is 2570 g/mol. The Kier molecular flexibility index (Phi) is 111. The third-order valence-electron chi connectivity index (χ3n) is 21.7. The summed E-state index contributed by atoms with van der Waals surface area (Å²) in [4.78, 5) is 98.2. The minimum atomic E-state index is -1.27. The summed E-state index contributed by atoms with van der Waals surface area (Å²) in [5, 5.41) is 9.96. The lowest BCUT2D eigenvalue weighted by atomic mass is 9.71. The number of hydrogen-bond donors (Lipinski definition) is 29. The summed E-state index contributed by atoms with van der Waals surface area (Å²) in [5.41, 5.74) is 4.11. The number of nitrogens with two attached hydrogens (primary N) is 1. The van der Waals surface area contributed by atoms with Crippen LogP contribution in [0.4, 0.5) is 0 Å². The molecule has 0 fully saturated rings. The molecule has 0 aliphatic carbocycles. The molecule has 0 radical (unpaired) electrons. The SMILES string of the molecule is NCC(=O)CCC(=O)NCC(=O)CCCCCCCCCCCC(=O)CC(CCC(=O)NC(COCC(COCC(S)CS)OCC(S)CS)COCC(COCC(S)CS)OCC(S)CS)(CCC(=O)NC(COCC(COCC(S)CS)OCC(S)CS)COCC(COCC(S)CS)OCC(S)CS)CCC(=O)NC(COCC(COCC(S)CS)OCC(S)CS)COCC(COCC(S)CS)OCC(S)CS.S. The number of nitrogens with one attached hydrogen (secondary N) is 4. The number of ketones is 3. The average Bonchev–Trinajstić information content (AvgIpc) is 0.838. The quantitative estimate of drug-likeness (QED) is 0.0199. The van der Waals surface area contributed by atoms with Crippen LogP contribution in [-0.4, -0.2) is 439 Å². The smallest absolute Gasteiger partial charge is 0.220 e. The van der Waals surface area contributed by atoms with Crippen molar-refractivity contribution in [2.24, 2.45) is 11.1 Å². The fourth-order valence-electron chi connectivity index (χ4n) is 13.2. The standard InChI is InChI=1S/C93H179N5O25S24.H2S/c94-21-69(100)12-13-89(102)95-22-70(101)11-9-7-5-3-1-2-4-6-8-10-68(99)20-93(17-14-90(103)96-65(23-106-29-71(118-47-83(142)59-130)35-112-41-77(136)53-124)24-107-30-72(119-48-84(143)60-131)36-113-42-78(137)54-125,18-15-91(104)97-66(25-108-31-73(120-49-85(144)61-132)37-114-43-79(138)55-126)26-109-32-74(121-50-86(145)62-133)38-115-44-80(139)56-127)19-16-92(105)98-67(27-110-33-75(122-51-87(146)63-134)39-116-45-81(140)57-128)28-111-34-76(123-52-88(147)64-135)40-117-46-82(141)58-129;/h65-67,71-88,124-147H,1-64,94H2,(H,95,102)(H,96,103)(H,97,104)(H,98,105);1H2. The predicted octanol–water partition coefficient (Wildman–Crippen LogP) is 10.4. The van der Waals surface area contributed by atoms with E-state index in [9.17, 15) is 14.4 Å². The van der Waals surface area contributed by atoms with E-state index in [0.717, 1.165) is 38.5 Å². The van der Waals surface area contributed by atoms with Gasteiger partial charge in [-0.05, 0) is 37.5 Å². The second-order valence-corrected chi connectivity index (χ2v) is 49.1. The maximum atomic E-state index is 15.5. The Hall–Kier alpha value is 4.88. The lowest BCUT2D eigenvalue weighted by Gasteiger charge is -2.34. The summed E-state index contributed by atoms with van der Waals surface area (Å²) in [5.74, 6) is 3.17. The molecule has 0 aromatic rings. The van der Waals surface area contributed by atoms with Gasteiger partial charge in [0.15, 0.2) is 5.78 Å². The summed E-state index contributed by atoms with van der Waals surface area (Å²) >= 11 is 108. The summed E-state index contributed by atoms with van der Waals surface area (Å²) in [6.45, 7) is 3.08. The van der Waals surface area contributed by atoms with E-state index in [1.165, 1.54) is 0 Å². The van der Waals surface area contributed by atoms with Crippen LogP contribution in [0, 0.1) is 5.41 Å². The van der Waals surface area contributed by atoms with Crippen LogP contribution in [0.25, 0.3) is 0 Å². The zero-order chi connectivity index (χ0) is 109. The first kappa shape index (κ1) is 155. The first-order valence-corrected chi connectivity index (χ1v) is 63.9. The summed E-state index contributed by atoms with van der Waals surface area (Å²) in [6, 6.07) is -2.51. The van der Waals surface area contributed by atoms with Crippen LogP contribution in [0.15, 0.2) is 0 Å². The molecule has 878 valence electrons. The molecule has 4 amide bonds. The molecular formula is C93H181N5O25S25. The lowest BCUT2D eigenvalue weighted by Crippen LogP contribution is -2.45. The van der Waals surface area contributed by atoms with Crippen LogP contribution < -0.4 is 27.0 Å². The van der Waals surface area contributed by atoms with Crippen LogP contribution >= 0.6 is 317 Å². The van der Waals surface area contributed by atoms with Crippen molar-refractivity contribution in [1.29, 1.82) is 0 Å². The number of thiol groups is 24. The summed E-state index contributed by atoms with van der Waals surface area (Å²) in [7, 11) is 0. The van der Waals surface area contributed by atoms with Gasteiger partial charge in [0.2, 0.25) is 23.6 Å². The molecule has 6 N–H and O–H groups in total. The van der Waals surface area contributed by atoms with Crippen LogP contribution in [0.5, 0.6) is 0 Å². The third-order valence-corrected chi connectivity index (χ3v) is 34.4. The maximum Gasteiger partial charge on any atom is 0.220 e. The molecular weight excluding hydrogens is 2390 g/mol. The molecule has 0 heterocycles. The van der Waals surface area contributed by atoms with Gasteiger partial charge >= 0.3 is 0 Å². The Labute approximate surface area is 1020 Å². The highest BCUT2D eigenvalue weighted by Crippen LogP contribution is 2.40. The van der Waals surface area contributed by atoms with Gasteiger partial charge in [0.1, 0.15) is 48.2 Å². The molecule has 0 aliphatic rings. The second-order valence-electron chi connectivity index (χ2n) is 36.0. The first-order valence-electron chi connectivity index (χ1n) is 50.1. The molecule has 0 spiro atoms. The molecule has 0 aromatic heterocycles. The molecule has 0 saturated carbocycles. The van der Waals surface area contributed by atoms with Crippen molar-refractivity contribution in [3.63, 3.8) is 0 Å². The van der Waals surface area contributed by atoms with E-state index in [0.29, 0.717) is 94.7 Å². The number of carbonyl (C=O) groups is 7. The van der Waals surface area contributed by atoms with Crippen molar-refractivity contribution >= 4 is 358 Å². The Morgan fingerprint density at radius 1 is 0.216 bits per heavy atom. The van der Waals surface area contributed by atoms with Crippen molar-refractivity contribution in [2.45, 2.75) is 246 Å². The molecule has 0 aliphatic heterocycles. The van der Waals surface area contributed by atoms with Crippen LogP contribution in [-0.2, 0) is 119 Å². The average molecular weight is 2570 g/mol. The summed E-state index contributed by atoms with van der Waals surface area (Å²) in [6.07, 6.45) is 3.21. The van der Waals surface area contributed by atoms with Gasteiger partial charge in [-0.2, -0.15) is 317 Å². The van der Waals surface area contributed by atoms with Gasteiger partial charge in [0, 0.05) is 183 Å². The molecule has 30 nitrogen and oxygen atoms in total. The van der Waals surface area contributed by atoms with Crippen LogP contribution in [0.3, 0.4) is 0 Å². The number of unbranched alkanes of at least 4 members (excludes halogenated alkanes) is 8. The Morgan fingerprint density at radius 2 is 0.405 bits per heavy atom. The second kappa shape index (κ2) is 106. The van der Waals surface area contributed by atoms with E-state index in [1.807, 2.05) is 0 Å². The fourth-order valence-corrected chi connectivity index (χ4v) is 15.6. The van der Waals surface area contributed by atoms with Gasteiger partial charge in [-0.25, -0.2) is 0 Å². The number of hydrogen-bond acceptors (Lipinski definition) is 50. The first-order chi connectivity index (χ1) is 70.6. The zero-order valence-corrected chi connectivity index (χ0v) is 108. The van der Waals surface area contributed by atoms with E-state index in [-0.39, 0.29) is 375 Å². The van der Waals surface area contributed by atoms with Gasteiger partial charge in [-0.3, -0.25) is 33.6 Å². The molecule has 148 heavy (non-hydrogen) atoms. The van der Waals surface area contributed by atoms with Crippen molar-refractivity contribution < 1.29 is 119 Å². The predicted molar refractivity (Wildman–Crippen MR) is 686 cm³/mol. The molecule has 0 bridgehead atoms. The fraction of sp³-hybridized carbons (Fsp3) is 0.925. The van der Waals surface area contributed by atoms with E-state index in [4.69, 9.17) is 91.0 Å². The lowest BCUT2D eigenvalue weighted by molar-refractivity contribution is -0.128. The van der Waals surface area contributed by atoms with Gasteiger partial charge in [-0.15, -0.1) is 0 Å². The largest absolute Gasteiger partial charge is 0.377 e. The van der Waals surface area contributed by atoms with Crippen molar-refractivity contribution in [3.8, 4) is 0 Å². The van der Waals surface area contributed by atoms with Gasteiger partial charge in [-0.1, -0.05) is 44.9 Å². The van der Waals surface area contributed by atoms with Gasteiger partial charge in [0.05, 0.1) is 229 Å². The summed E-state index contributed by atoms with van der Waals surface area (Å²) < 4.78 is 113. The molecule has 0 aromatic carbocycles. The van der Waals surface area contributed by atoms with E-state index >= 15 is 19.2 Å². The van der Waals surface area contributed by atoms with Crippen LogP contribution in [0.2, 0.25) is 0 Å².